The summed E-state index contributed by atoms with van der Waals surface area (Å²) in [6.45, 7) is 0. The van der Waals surface area contributed by atoms with E-state index in [1.807, 2.05) is 0 Å². The third-order valence-corrected chi connectivity index (χ3v) is 10.0. The van der Waals surface area contributed by atoms with Crippen molar-refractivity contribution in [1.29, 1.82) is 0 Å². The fourth-order valence-corrected chi connectivity index (χ4v) is 7.61. The summed E-state index contributed by atoms with van der Waals surface area (Å²) in [6.07, 6.45) is 2.50. The zero-order valence-corrected chi connectivity index (χ0v) is 22.5. The van der Waals surface area contributed by atoms with Gasteiger partial charge < -0.3 is 0 Å². The first-order valence-electron chi connectivity index (χ1n) is 12.7. The van der Waals surface area contributed by atoms with Crippen LogP contribution in [-0.2, 0) is 29.5 Å². The van der Waals surface area contributed by atoms with Crippen molar-refractivity contribution in [3.05, 3.63) is 95.1 Å². The van der Waals surface area contributed by atoms with E-state index in [4.69, 9.17) is 0 Å². The molecule has 2 aliphatic carbocycles. The van der Waals surface area contributed by atoms with Crippen LogP contribution in [0.5, 0.6) is 0 Å². The van der Waals surface area contributed by atoms with Gasteiger partial charge in [-0.2, -0.15) is 23.4 Å². The number of hydrogen-bond acceptors (Lipinski definition) is 6. The van der Waals surface area contributed by atoms with Crippen molar-refractivity contribution >= 4 is 21.7 Å². The van der Waals surface area contributed by atoms with Gasteiger partial charge in [-0.05, 0) is 73.7 Å². The highest BCUT2D eigenvalue weighted by molar-refractivity contribution is 7.92. The number of Topliss-reactive ketones (excluding diaryl/α,β-unsaturated/α-hetero) is 1. The Labute approximate surface area is 232 Å². The van der Waals surface area contributed by atoms with E-state index >= 15 is 0 Å². The van der Waals surface area contributed by atoms with Crippen molar-refractivity contribution in [2.75, 3.05) is 0 Å². The Hall–Kier alpha value is -4.13. The Balaban J connectivity index is 1.44. The van der Waals surface area contributed by atoms with Gasteiger partial charge in [-0.1, -0.05) is 5.57 Å². The number of aryl methyl sites for hydroxylation is 1. The second kappa shape index (κ2) is 9.47. The Kier molecular flexibility index (Phi) is 6.25. The number of carbonyl (C=O) groups is 1. The average molecular weight is 586 g/mol. The molecule has 0 amide bonds. The molecule has 0 radical (unpaired) electrons. The summed E-state index contributed by atoms with van der Waals surface area (Å²) >= 11 is 0. The quantitative estimate of drug-likeness (QED) is 0.242. The van der Waals surface area contributed by atoms with Crippen LogP contribution in [0.15, 0.2) is 71.7 Å². The van der Waals surface area contributed by atoms with Crippen LogP contribution in [0.2, 0.25) is 0 Å². The lowest BCUT2D eigenvalue weighted by Gasteiger charge is -2.43. The van der Waals surface area contributed by atoms with Crippen molar-refractivity contribution in [3.8, 4) is 5.69 Å². The molecule has 1 saturated carbocycles. The zero-order valence-electron chi connectivity index (χ0n) is 21.6. The third-order valence-electron chi connectivity index (χ3n) is 7.89. The highest BCUT2D eigenvalue weighted by Crippen LogP contribution is 2.52. The maximum Gasteiger partial charge on any atom is 0.417 e. The van der Waals surface area contributed by atoms with Crippen molar-refractivity contribution in [2.24, 2.45) is 12.5 Å². The molecule has 2 atom stereocenters. The minimum Gasteiger partial charge on any atom is -0.291 e. The maximum atomic E-state index is 14.2. The summed E-state index contributed by atoms with van der Waals surface area (Å²) in [5.74, 6) is -0.960. The van der Waals surface area contributed by atoms with Crippen molar-refractivity contribution in [2.45, 2.75) is 42.0 Å². The summed E-state index contributed by atoms with van der Waals surface area (Å²) in [5, 5.41) is 7.49. The SMILES string of the molecule is Cn1cc(S(=O)(=O)[C@H]2CCC3=Cc4c(cnn4-c4ccc(F)cc4)C[C@]3(C(=O)c3ccc(C(F)(F)F)cn3)C2)cn1. The molecule has 1 fully saturated rings. The van der Waals surface area contributed by atoms with Gasteiger partial charge in [0.1, 0.15) is 16.4 Å². The number of allylic oxidation sites excluding steroid dienone is 1. The number of alkyl halides is 3. The topological polar surface area (TPSA) is 99.7 Å². The molecule has 13 heteroatoms. The summed E-state index contributed by atoms with van der Waals surface area (Å²) in [7, 11) is -2.28. The number of pyridine rings is 1. The Morgan fingerprint density at radius 2 is 1.80 bits per heavy atom. The Bertz CT molecular complexity index is 1790. The molecule has 3 heterocycles. The number of ketones is 1. The normalized spacial score (nSPS) is 20.7. The summed E-state index contributed by atoms with van der Waals surface area (Å²) in [5.41, 5.74) is 0.0296. The van der Waals surface area contributed by atoms with Gasteiger partial charge in [-0.3, -0.25) is 14.5 Å². The molecule has 41 heavy (non-hydrogen) atoms. The molecular formula is C28H23F4N5O3S. The van der Waals surface area contributed by atoms with Gasteiger partial charge in [0.2, 0.25) is 0 Å². The van der Waals surface area contributed by atoms with E-state index in [1.165, 1.54) is 29.2 Å². The highest BCUT2D eigenvalue weighted by atomic mass is 32.2. The molecule has 0 aliphatic heterocycles. The van der Waals surface area contributed by atoms with E-state index < -0.39 is 43.8 Å². The summed E-state index contributed by atoms with van der Waals surface area (Å²) in [4.78, 5) is 18.1. The average Bonchev–Trinajstić information content (AvgIpc) is 3.57. The predicted octanol–water partition coefficient (Wildman–Crippen LogP) is 4.99. The number of benzene rings is 1. The molecule has 0 spiro atoms. The molecule has 4 aromatic rings. The number of nitrogens with zero attached hydrogens (tertiary/aromatic N) is 5. The highest BCUT2D eigenvalue weighted by Gasteiger charge is 2.52. The number of carbonyl (C=O) groups excluding carboxylic acids is 1. The van der Waals surface area contributed by atoms with Crippen LogP contribution >= 0.6 is 0 Å². The molecular weight excluding hydrogens is 562 g/mol. The molecule has 0 bridgehead atoms. The van der Waals surface area contributed by atoms with Gasteiger partial charge in [0.15, 0.2) is 15.6 Å². The number of halogens is 4. The molecule has 1 aromatic carbocycles. The zero-order chi connectivity index (χ0) is 29.2. The molecule has 212 valence electrons. The number of hydrogen-bond donors (Lipinski definition) is 0. The van der Waals surface area contributed by atoms with Crippen LogP contribution in [0.3, 0.4) is 0 Å². The van der Waals surface area contributed by atoms with E-state index in [2.05, 4.69) is 15.2 Å². The standard InChI is InChI=1S/C28H23F4N5O3S/c1-36-16-23(15-34-36)41(39,40)22-8-2-18-10-25-17(13-35-37(25)21-6-4-20(29)5-7-21)11-27(18,12-22)26(38)24-9-3-19(14-33-24)28(30,31)32/h3-7,9-10,13-16,22H,2,8,11-12H2,1H3/t22-,27-/m0/s1. The second-order valence-electron chi connectivity index (χ2n) is 10.4. The van der Waals surface area contributed by atoms with Crippen molar-refractivity contribution < 1.29 is 30.8 Å². The molecule has 0 N–H and O–H groups in total. The van der Waals surface area contributed by atoms with E-state index in [9.17, 15) is 30.8 Å². The molecule has 2 aliphatic rings. The first kappa shape index (κ1) is 27.1. The first-order chi connectivity index (χ1) is 19.4. The minimum absolute atomic E-state index is 0.0355. The fraction of sp³-hybridized carbons (Fsp3) is 0.286. The van der Waals surface area contributed by atoms with E-state index in [-0.39, 0.29) is 36.3 Å². The van der Waals surface area contributed by atoms with Gasteiger partial charge >= 0.3 is 6.18 Å². The van der Waals surface area contributed by atoms with Crippen LogP contribution in [0.25, 0.3) is 11.8 Å². The molecule has 8 nitrogen and oxygen atoms in total. The summed E-state index contributed by atoms with van der Waals surface area (Å²) < 4.78 is 83.3. The van der Waals surface area contributed by atoms with Gasteiger partial charge in [-0.15, -0.1) is 0 Å². The largest absolute Gasteiger partial charge is 0.417 e. The van der Waals surface area contributed by atoms with Gasteiger partial charge in [0.05, 0.1) is 40.0 Å². The fourth-order valence-electron chi connectivity index (χ4n) is 5.80. The van der Waals surface area contributed by atoms with Gasteiger partial charge in [0, 0.05) is 19.4 Å². The van der Waals surface area contributed by atoms with Crippen LogP contribution in [-0.4, -0.2) is 44.0 Å². The number of fused-ring (bicyclic) bond motifs is 2. The van der Waals surface area contributed by atoms with E-state index in [0.29, 0.717) is 28.7 Å². The lowest BCUT2D eigenvalue weighted by molar-refractivity contribution is -0.137. The number of sulfone groups is 1. The number of aromatic nitrogens is 5. The van der Waals surface area contributed by atoms with Crippen LogP contribution < -0.4 is 0 Å². The minimum atomic E-state index is -4.62. The predicted molar refractivity (Wildman–Crippen MR) is 139 cm³/mol. The summed E-state index contributed by atoms with van der Waals surface area (Å²) in [6, 6.07) is 7.58. The van der Waals surface area contributed by atoms with Gasteiger partial charge in [-0.25, -0.2) is 17.5 Å². The lowest BCUT2D eigenvalue weighted by atomic mass is 9.61. The maximum absolute atomic E-state index is 14.2. The van der Waals surface area contributed by atoms with Crippen molar-refractivity contribution in [3.63, 3.8) is 0 Å². The van der Waals surface area contributed by atoms with Gasteiger partial charge in [0.25, 0.3) is 0 Å². The molecule has 3 aromatic heterocycles. The van der Waals surface area contributed by atoms with E-state index in [0.717, 1.165) is 12.1 Å². The van der Waals surface area contributed by atoms with Crippen molar-refractivity contribution in [1.82, 2.24) is 24.5 Å². The molecule has 0 unspecified atom stereocenters. The van der Waals surface area contributed by atoms with Crippen LogP contribution in [0.4, 0.5) is 17.6 Å². The first-order valence-corrected chi connectivity index (χ1v) is 14.3. The smallest absolute Gasteiger partial charge is 0.291 e. The van der Waals surface area contributed by atoms with Crippen LogP contribution in [0, 0.1) is 11.2 Å². The van der Waals surface area contributed by atoms with E-state index in [1.54, 1.807) is 36.1 Å². The monoisotopic (exact) mass is 585 g/mol. The van der Waals surface area contributed by atoms with Crippen LogP contribution in [0.1, 0.15) is 46.6 Å². The third kappa shape index (κ3) is 4.57. The Morgan fingerprint density at radius 3 is 2.44 bits per heavy atom. The molecule has 0 saturated heterocycles. The Morgan fingerprint density at radius 1 is 1.05 bits per heavy atom. The lowest BCUT2D eigenvalue weighted by Crippen LogP contribution is -2.45. The molecule has 6 rings (SSSR count). The second-order valence-corrected chi connectivity index (χ2v) is 12.6. The number of rotatable bonds is 5.